The standard InChI is InChI=1S/C24H15BrClNO5/c1-30-20-13-14(11-18(26)21(20)31-23(28)15-7-3-2-4-8-15)12-19-24(29)32-22(27-19)16-9-5-6-10-17(16)25/h2-13H,1H3/b19-12-. The molecule has 3 aromatic rings. The van der Waals surface area contributed by atoms with Crippen LogP contribution in [0.5, 0.6) is 11.5 Å². The first-order valence-electron chi connectivity index (χ1n) is 9.38. The summed E-state index contributed by atoms with van der Waals surface area (Å²) in [6, 6.07) is 18.9. The molecular formula is C24H15BrClNO5. The Kier molecular flexibility index (Phi) is 6.39. The minimum atomic E-state index is -0.592. The van der Waals surface area contributed by atoms with Crippen LogP contribution in [0.2, 0.25) is 5.02 Å². The van der Waals surface area contributed by atoms with Crippen LogP contribution in [-0.2, 0) is 9.53 Å². The van der Waals surface area contributed by atoms with E-state index in [4.69, 9.17) is 25.8 Å². The summed E-state index contributed by atoms with van der Waals surface area (Å²) in [5.74, 6) is -0.656. The summed E-state index contributed by atoms with van der Waals surface area (Å²) in [6.07, 6.45) is 1.52. The number of carbonyl (C=O) groups is 2. The van der Waals surface area contributed by atoms with E-state index in [1.54, 1.807) is 48.5 Å². The third-order valence-corrected chi connectivity index (χ3v) is 5.46. The SMILES string of the molecule is COc1cc(/C=C2\N=C(c3ccccc3Br)OC2=O)cc(Cl)c1OC(=O)c1ccccc1. The van der Waals surface area contributed by atoms with Gasteiger partial charge in [-0.25, -0.2) is 14.6 Å². The number of aliphatic imine (C=N–C) groups is 1. The first-order valence-corrected chi connectivity index (χ1v) is 10.6. The van der Waals surface area contributed by atoms with Crippen molar-refractivity contribution in [1.29, 1.82) is 0 Å². The third kappa shape index (κ3) is 4.59. The number of ether oxygens (including phenoxy) is 3. The number of methoxy groups -OCH3 is 1. The number of carbonyl (C=O) groups excluding carboxylic acids is 2. The molecule has 0 saturated heterocycles. The Morgan fingerprint density at radius 1 is 1.09 bits per heavy atom. The Morgan fingerprint density at radius 3 is 2.53 bits per heavy atom. The number of esters is 2. The van der Waals surface area contributed by atoms with Gasteiger partial charge in [-0.15, -0.1) is 0 Å². The Hall–Kier alpha value is -3.42. The number of halogens is 2. The van der Waals surface area contributed by atoms with Crippen LogP contribution in [0.1, 0.15) is 21.5 Å². The molecule has 0 spiro atoms. The van der Waals surface area contributed by atoms with Crippen LogP contribution in [0.3, 0.4) is 0 Å². The van der Waals surface area contributed by atoms with Gasteiger partial charge in [0, 0.05) is 4.47 Å². The third-order valence-electron chi connectivity index (χ3n) is 4.48. The molecule has 1 aliphatic heterocycles. The molecule has 0 radical (unpaired) electrons. The zero-order valence-corrected chi connectivity index (χ0v) is 19.0. The first-order chi connectivity index (χ1) is 15.5. The van der Waals surface area contributed by atoms with E-state index in [0.717, 1.165) is 4.47 Å². The second kappa shape index (κ2) is 9.38. The van der Waals surface area contributed by atoms with Crippen molar-refractivity contribution in [3.8, 4) is 11.5 Å². The Balaban J connectivity index is 1.64. The minimum absolute atomic E-state index is 0.0802. The molecule has 0 aliphatic carbocycles. The smallest absolute Gasteiger partial charge is 0.363 e. The highest BCUT2D eigenvalue weighted by atomic mass is 79.9. The summed E-state index contributed by atoms with van der Waals surface area (Å²) in [6.45, 7) is 0. The van der Waals surface area contributed by atoms with Gasteiger partial charge in [-0.3, -0.25) is 0 Å². The number of hydrogen-bond donors (Lipinski definition) is 0. The number of hydrogen-bond acceptors (Lipinski definition) is 6. The Labute approximate surface area is 197 Å². The molecule has 8 heteroatoms. The average Bonchev–Trinajstić information content (AvgIpc) is 3.15. The van der Waals surface area contributed by atoms with E-state index in [0.29, 0.717) is 16.7 Å². The molecule has 0 aromatic heterocycles. The van der Waals surface area contributed by atoms with Gasteiger partial charge < -0.3 is 14.2 Å². The van der Waals surface area contributed by atoms with Crippen molar-refractivity contribution in [2.75, 3.05) is 7.11 Å². The van der Waals surface area contributed by atoms with E-state index in [1.165, 1.54) is 13.2 Å². The molecule has 32 heavy (non-hydrogen) atoms. The molecule has 0 atom stereocenters. The summed E-state index contributed by atoms with van der Waals surface area (Å²) in [5.41, 5.74) is 1.65. The van der Waals surface area contributed by atoms with Gasteiger partial charge in [0.1, 0.15) is 0 Å². The molecule has 0 N–H and O–H groups in total. The van der Waals surface area contributed by atoms with Gasteiger partial charge in [-0.05, 0) is 64.0 Å². The fourth-order valence-electron chi connectivity index (χ4n) is 2.96. The van der Waals surface area contributed by atoms with Crippen LogP contribution in [0.15, 0.2) is 81.9 Å². The zero-order chi connectivity index (χ0) is 22.7. The summed E-state index contributed by atoms with van der Waals surface area (Å²) in [4.78, 5) is 29.0. The van der Waals surface area contributed by atoms with Gasteiger partial charge in [0.05, 0.1) is 23.3 Å². The fourth-order valence-corrected chi connectivity index (χ4v) is 3.68. The lowest BCUT2D eigenvalue weighted by atomic mass is 10.1. The molecule has 0 unspecified atom stereocenters. The van der Waals surface area contributed by atoms with Gasteiger partial charge in [0.25, 0.3) is 0 Å². The van der Waals surface area contributed by atoms with E-state index in [-0.39, 0.29) is 28.1 Å². The molecule has 160 valence electrons. The van der Waals surface area contributed by atoms with Crippen LogP contribution in [0, 0.1) is 0 Å². The van der Waals surface area contributed by atoms with Gasteiger partial charge in [-0.1, -0.05) is 41.9 Å². The minimum Gasteiger partial charge on any atom is -0.493 e. The van der Waals surface area contributed by atoms with Crippen molar-refractivity contribution in [1.82, 2.24) is 0 Å². The van der Waals surface area contributed by atoms with Crippen LogP contribution in [0.25, 0.3) is 6.08 Å². The monoisotopic (exact) mass is 511 g/mol. The maximum Gasteiger partial charge on any atom is 0.363 e. The Bertz CT molecular complexity index is 1270. The summed E-state index contributed by atoms with van der Waals surface area (Å²) in [7, 11) is 1.43. The van der Waals surface area contributed by atoms with Crippen LogP contribution < -0.4 is 9.47 Å². The molecule has 3 aromatic carbocycles. The van der Waals surface area contributed by atoms with Gasteiger partial charge in [0.15, 0.2) is 17.2 Å². The molecule has 1 heterocycles. The normalized spacial score (nSPS) is 14.2. The van der Waals surface area contributed by atoms with Crippen molar-refractivity contribution in [2.24, 2.45) is 4.99 Å². The topological polar surface area (TPSA) is 74.2 Å². The molecule has 4 rings (SSSR count). The van der Waals surface area contributed by atoms with Gasteiger partial charge >= 0.3 is 11.9 Å². The number of benzene rings is 3. The van der Waals surface area contributed by atoms with Crippen molar-refractivity contribution >= 4 is 51.4 Å². The quantitative estimate of drug-likeness (QED) is 0.250. The summed E-state index contributed by atoms with van der Waals surface area (Å²) < 4.78 is 16.9. The van der Waals surface area contributed by atoms with Crippen molar-refractivity contribution in [2.45, 2.75) is 0 Å². The number of nitrogens with zero attached hydrogens (tertiary/aromatic N) is 1. The first kappa shape index (κ1) is 21.8. The Morgan fingerprint density at radius 2 is 1.81 bits per heavy atom. The molecular weight excluding hydrogens is 498 g/mol. The molecule has 0 fully saturated rings. The highest BCUT2D eigenvalue weighted by Crippen LogP contribution is 2.38. The van der Waals surface area contributed by atoms with Gasteiger partial charge in [0.2, 0.25) is 5.90 Å². The lowest BCUT2D eigenvalue weighted by Crippen LogP contribution is -2.09. The number of cyclic esters (lactones) is 1. The molecule has 0 bridgehead atoms. The molecule has 0 saturated carbocycles. The lowest BCUT2D eigenvalue weighted by molar-refractivity contribution is -0.129. The van der Waals surface area contributed by atoms with E-state index in [2.05, 4.69) is 20.9 Å². The second-order valence-electron chi connectivity index (χ2n) is 6.61. The van der Waals surface area contributed by atoms with Crippen molar-refractivity contribution < 1.29 is 23.8 Å². The molecule has 6 nitrogen and oxygen atoms in total. The van der Waals surface area contributed by atoms with E-state index in [1.807, 2.05) is 18.2 Å². The summed E-state index contributed by atoms with van der Waals surface area (Å²) >= 11 is 9.79. The van der Waals surface area contributed by atoms with E-state index < -0.39 is 11.9 Å². The summed E-state index contributed by atoms with van der Waals surface area (Å²) in [5, 5.41) is 0.141. The molecule has 1 aliphatic rings. The highest BCUT2D eigenvalue weighted by molar-refractivity contribution is 9.10. The average molecular weight is 513 g/mol. The number of rotatable bonds is 5. The van der Waals surface area contributed by atoms with Gasteiger partial charge in [-0.2, -0.15) is 0 Å². The molecule has 0 amide bonds. The highest BCUT2D eigenvalue weighted by Gasteiger charge is 2.26. The van der Waals surface area contributed by atoms with E-state index >= 15 is 0 Å². The van der Waals surface area contributed by atoms with Crippen LogP contribution in [-0.4, -0.2) is 24.9 Å². The van der Waals surface area contributed by atoms with Crippen molar-refractivity contribution in [3.63, 3.8) is 0 Å². The van der Waals surface area contributed by atoms with E-state index in [9.17, 15) is 9.59 Å². The maximum absolute atomic E-state index is 12.4. The zero-order valence-electron chi connectivity index (χ0n) is 16.7. The maximum atomic E-state index is 12.4. The predicted molar refractivity (Wildman–Crippen MR) is 124 cm³/mol. The largest absolute Gasteiger partial charge is 0.493 e. The predicted octanol–water partition coefficient (Wildman–Crippen LogP) is 5.67. The second-order valence-corrected chi connectivity index (χ2v) is 7.87. The lowest BCUT2D eigenvalue weighted by Gasteiger charge is -2.12. The van der Waals surface area contributed by atoms with Crippen LogP contribution >= 0.6 is 27.5 Å². The fraction of sp³-hybridized carbons (Fsp3) is 0.0417. The van der Waals surface area contributed by atoms with Crippen molar-refractivity contribution in [3.05, 3.63) is 98.6 Å². The van der Waals surface area contributed by atoms with Crippen LogP contribution in [0.4, 0.5) is 0 Å².